The van der Waals surface area contributed by atoms with Crippen LogP contribution >= 0.6 is 15.9 Å². The molecule has 0 spiro atoms. The van der Waals surface area contributed by atoms with E-state index >= 15 is 0 Å². The van der Waals surface area contributed by atoms with Crippen LogP contribution in [0.3, 0.4) is 0 Å². The number of rotatable bonds is 6. The van der Waals surface area contributed by atoms with E-state index in [-0.39, 0.29) is 11.9 Å². The lowest BCUT2D eigenvalue weighted by Crippen LogP contribution is -2.25. The van der Waals surface area contributed by atoms with E-state index in [0.29, 0.717) is 13.0 Å². The molecular weight excluding hydrogens is 321 g/mol. The van der Waals surface area contributed by atoms with Gasteiger partial charge in [-0.15, -0.1) is 0 Å². The molecule has 0 aliphatic rings. The third-order valence-corrected chi connectivity index (χ3v) is 3.76. The molecule has 0 aliphatic carbocycles. The second kappa shape index (κ2) is 7.41. The Kier molecular flexibility index (Phi) is 5.56. The largest absolute Gasteiger partial charge is 0.494 e. The van der Waals surface area contributed by atoms with E-state index < -0.39 is 0 Å². The Labute approximate surface area is 126 Å². The van der Waals surface area contributed by atoms with Crippen LogP contribution in [0, 0.1) is 5.82 Å². The van der Waals surface area contributed by atoms with Gasteiger partial charge >= 0.3 is 0 Å². The first kappa shape index (κ1) is 15.0. The molecule has 4 heteroatoms. The van der Waals surface area contributed by atoms with Crippen molar-refractivity contribution in [3.05, 3.63) is 64.4 Å². The van der Waals surface area contributed by atoms with E-state index in [2.05, 4.69) is 15.9 Å². The van der Waals surface area contributed by atoms with Gasteiger partial charge in [-0.05, 0) is 48.7 Å². The van der Waals surface area contributed by atoms with Crippen LogP contribution in [0.5, 0.6) is 5.75 Å². The lowest BCUT2D eigenvalue weighted by Gasteiger charge is -2.13. The van der Waals surface area contributed by atoms with Gasteiger partial charge < -0.3 is 10.5 Å². The van der Waals surface area contributed by atoms with Crippen molar-refractivity contribution in [2.75, 3.05) is 6.61 Å². The van der Waals surface area contributed by atoms with Gasteiger partial charge in [0, 0.05) is 10.5 Å². The van der Waals surface area contributed by atoms with Crippen molar-refractivity contribution < 1.29 is 9.13 Å². The number of ether oxygens (including phenoxy) is 1. The van der Waals surface area contributed by atoms with E-state index in [1.165, 1.54) is 12.1 Å². The number of hydrogen-bond acceptors (Lipinski definition) is 2. The van der Waals surface area contributed by atoms with Gasteiger partial charge in [-0.25, -0.2) is 4.39 Å². The Morgan fingerprint density at radius 2 is 1.90 bits per heavy atom. The van der Waals surface area contributed by atoms with Gasteiger partial charge in [0.15, 0.2) is 0 Å². The van der Waals surface area contributed by atoms with Crippen LogP contribution in [0.2, 0.25) is 0 Å². The van der Waals surface area contributed by atoms with Crippen molar-refractivity contribution in [3.8, 4) is 5.75 Å². The Morgan fingerprint density at radius 1 is 1.15 bits per heavy atom. The van der Waals surface area contributed by atoms with Gasteiger partial charge in [-0.3, -0.25) is 0 Å². The highest BCUT2D eigenvalue weighted by molar-refractivity contribution is 9.10. The normalized spacial score (nSPS) is 12.2. The molecule has 0 saturated carbocycles. The summed E-state index contributed by atoms with van der Waals surface area (Å²) < 4.78 is 19.7. The van der Waals surface area contributed by atoms with Crippen molar-refractivity contribution in [2.45, 2.75) is 18.9 Å². The minimum Gasteiger partial charge on any atom is -0.494 e. The summed E-state index contributed by atoms with van der Waals surface area (Å²) in [5, 5.41) is 0. The maximum atomic E-state index is 13.2. The van der Waals surface area contributed by atoms with Crippen LogP contribution in [0.1, 0.15) is 12.0 Å². The molecule has 0 fully saturated rings. The van der Waals surface area contributed by atoms with Gasteiger partial charge in [0.05, 0.1) is 6.61 Å². The molecule has 0 radical (unpaired) electrons. The third-order valence-electron chi connectivity index (χ3n) is 2.99. The molecule has 1 atom stereocenters. The van der Waals surface area contributed by atoms with Crippen LogP contribution < -0.4 is 10.5 Å². The summed E-state index contributed by atoms with van der Waals surface area (Å²) in [5.74, 6) is 0.600. The second-order valence-electron chi connectivity index (χ2n) is 4.65. The highest BCUT2D eigenvalue weighted by atomic mass is 79.9. The lowest BCUT2D eigenvalue weighted by molar-refractivity contribution is 0.297. The van der Waals surface area contributed by atoms with Gasteiger partial charge in [-0.1, -0.05) is 34.1 Å². The van der Waals surface area contributed by atoms with Crippen molar-refractivity contribution >= 4 is 15.9 Å². The summed E-state index contributed by atoms with van der Waals surface area (Å²) in [6.07, 6.45) is 1.34. The van der Waals surface area contributed by atoms with Crippen molar-refractivity contribution in [1.82, 2.24) is 0 Å². The number of nitrogens with two attached hydrogens (primary N) is 1. The average Bonchev–Trinajstić information content (AvgIpc) is 2.44. The van der Waals surface area contributed by atoms with Gasteiger partial charge in [0.1, 0.15) is 11.6 Å². The average molecular weight is 338 g/mol. The van der Waals surface area contributed by atoms with Crippen LogP contribution in [0.4, 0.5) is 4.39 Å². The highest BCUT2D eigenvalue weighted by Crippen LogP contribution is 2.19. The highest BCUT2D eigenvalue weighted by Gasteiger charge is 2.08. The predicted molar refractivity (Wildman–Crippen MR) is 82.3 cm³/mol. The smallest absolute Gasteiger partial charge is 0.123 e. The first-order chi connectivity index (χ1) is 9.65. The van der Waals surface area contributed by atoms with Crippen LogP contribution in [-0.2, 0) is 6.42 Å². The molecule has 0 saturated heterocycles. The minimum absolute atomic E-state index is 0.0585. The number of halogens is 2. The second-order valence-corrected chi connectivity index (χ2v) is 5.50. The fraction of sp³-hybridized carbons (Fsp3) is 0.250. The van der Waals surface area contributed by atoms with Crippen molar-refractivity contribution in [3.63, 3.8) is 0 Å². The number of para-hydroxylation sites is 1. The summed E-state index contributed by atoms with van der Waals surface area (Å²) in [5.41, 5.74) is 6.95. The van der Waals surface area contributed by atoms with E-state index in [4.69, 9.17) is 10.5 Å². The number of benzene rings is 2. The van der Waals surface area contributed by atoms with Crippen LogP contribution in [0.15, 0.2) is 53.0 Å². The molecule has 0 heterocycles. The molecule has 106 valence electrons. The Balaban J connectivity index is 1.80. The Bertz CT molecular complexity index is 547. The predicted octanol–water partition coefficient (Wildman–Crippen LogP) is 3.93. The molecule has 0 aromatic heterocycles. The Morgan fingerprint density at radius 3 is 2.65 bits per heavy atom. The molecule has 0 amide bonds. The molecule has 2 nitrogen and oxygen atoms in total. The summed E-state index contributed by atoms with van der Waals surface area (Å²) in [7, 11) is 0. The lowest BCUT2D eigenvalue weighted by atomic mass is 10.0. The van der Waals surface area contributed by atoms with Crippen LogP contribution in [0.25, 0.3) is 0 Å². The zero-order valence-electron chi connectivity index (χ0n) is 11.1. The molecule has 0 aliphatic heterocycles. The maximum absolute atomic E-state index is 13.2. The summed E-state index contributed by atoms with van der Waals surface area (Å²) >= 11 is 3.41. The standard InChI is InChI=1S/C16H17BrFNO/c17-16-7-6-13(18)10-12(16)11-14(19)8-9-20-15-4-2-1-3-5-15/h1-7,10,14H,8-9,11,19H2. The van der Waals surface area contributed by atoms with Gasteiger partial charge in [-0.2, -0.15) is 0 Å². The molecule has 2 rings (SSSR count). The van der Waals surface area contributed by atoms with E-state index in [0.717, 1.165) is 22.2 Å². The zero-order chi connectivity index (χ0) is 14.4. The van der Waals surface area contributed by atoms with Crippen LogP contribution in [-0.4, -0.2) is 12.6 Å². The van der Waals surface area contributed by atoms with E-state index in [1.807, 2.05) is 30.3 Å². The van der Waals surface area contributed by atoms with Crippen molar-refractivity contribution in [2.24, 2.45) is 5.73 Å². The minimum atomic E-state index is -0.240. The Hall–Kier alpha value is -1.39. The first-order valence-corrected chi connectivity index (χ1v) is 7.32. The summed E-state index contributed by atoms with van der Waals surface area (Å²) in [6.45, 7) is 0.554. The van der Waals surface area contributed by atoms with Crippen molar-refractivity contribution in [1.29, 1.82) is 0 Å². The third kappa shape index (κ3) is 4.62. The first-order valence-electron chi connectivity index (χ1n) is 6.52. The topological polar surface area (TPSA) is 35.2 Å². The number of hydrogen-bond donors (Lipinski definition) is 1. The summed E-state index contributed by atoms with van der Waals surface area (Å²) in [6, 6.07) is 14.2. The molecule has 2 aromatic carbocycles. The van der Waals surface area contributed by atoms with Gasteiger partial charge in [0.2, 0.25) is 0 Å². The molecule has 20 heavy (non-hydrogen) atoms. The fourth-order valence-electron chi connectivity index (χ4n) is 1.93. The fourth-order valence-corrected chi connectivity index (χ4v) is 2.34. The molecule has 2 N–H and O–H groups in total. The van der Waals surface area contributed by atoms with E-state index in [9.17, 15) is 4.39 Å². The van der Waals surface area contributed by atoms with Gasteiger partial charge in [0.25, 0.3) is 0 Å². The molecule has 0 bridgehead atoms. The van der Waals surface area contributed by atoms with E-state index in [1.54, 1.807) is 6.07 Å². The molecule has 2 aromatic rings. The summed E-state index contributed by atoms with van der Waals surface area (Å²) in [4.78, 5) is 0. The SMILES string of the molecule is NC(CCOc1ccccc1)Cc1cc(F)ccc1Br. The monoisotopic (exact) mass is 337 g/mol. The quantitative estimate of drug-likeness (QED) is 0.866. The molecule has 1 unspecified atom stereocenters. The zero-order valence-corrected chi connectivity index (χ0v) is 12.6. The molecular formula is C16H17BrFNO. The maximum Gasteiger partial charge on any atom is 0.123 e.